The van der Waals surface area contributed by atoms with Gasteiger partial charge in [-0.3, -0.25) is 14.9 Å². The summed E-state index contributed by atoms with van der Waals surface area (Å²) in [6, 6.07) is 0. The van der Waals surface area contributed by atoms with E-state index in [4.69, 9.17) is 0 Å². The molecule has 66 valence electrons. The molecule has 0 aromatic heterocycles. The zero-order valence-corrected chi connectivity index (χ0v) is 6.78. The van der Waals surface area contributed by atoms with Crippen LogP contribution in [0.25, 0.3) is 0 Å². The molecule has 0 atom stereocenters. The molecular weight excluding hydrogens is 158 g/mol. The summed E-state index contributed by atoms with van der Waals surface area (Å²) in [6.45, 7) is -0.175. The van der Waals surface area contributed by atoms with Crippen LogP contribution in [0.3, 0.4) is 0 Å². The highest BCUT2D eigenvalue weighted by Crippen LogP contribution is 2.14. The molecule has 1 aliphatic carbocycles. The summed E-state index contributed by atoms with van der Waals surface area (Å²) in [5.74, 6) is 0.0318. The number of carbonyl (C=O) groups is 1. The van der Waals surface area contributed by atoms with Crippen LogP contribution in [0.2, 0.25) is 0 Å². The SMILES string of the molecule is O=C1C=C(C[N+](=O)[O-])CCCC1. The third kappa shape index (κ3) is 2.82. The Hall–Kier alpha value is -1.19. The summed E-state index contributed by atoms with van der Waals surface area (Å²) < 4.78 is 0. The quantitative estimate of drug-likeness (QED) is 0.462. The molecule has 1 aliphatic rings. The number of nitrogens with zero attached hydrogens (tertiary/aromatic N) is 1. The van der Waals surface area contributed by atoms with Gasteiger partial charge in [0.05, 0.1) is 0 Å². The van der Waals surface area contributed by atoms with Crippen molar-refractivity contribution in [3.8, 4) is 0 Å². The van der Waals surface area contributed by atoms with Gasteiger partial charge in [0.1, 0.15) is 0 Å². The molecule has 0 radical (unpaired) electrons. The lowest BCUT2D eigenvalue weighted by Crippen LogP contribution is -2.04. The van der Waals surface area contributed by atoms with Gasteiger partial charge in [-0.25, -0.2) is 0 Å². The molecule has 0 N–H and O–H groups in total. The van der Waals surface area contributed by atoms with E-state index in [1.807, 2.05) is 0 Å². The van der Waals surface area contributed by atoms with Crippen LogP contribution in [0, 0.1) is 10.1 Å². The number of carbonyl (C=O) groups excluding carboxylic acids is 1. The lowest BCUT2D eigenvalue weighted by Gasteiger charge is -1.96. The fraction of sp³-hybridized carbons (Fsp3) is 0.625. The van der Waals surface area contributed by atoms with Crippen molar-refractivity contribution in [2.75, 3.05) is 6.54 Å². The Labute approximate surface area is 70.4 Å². The Morgan fingerprint density at radius 1 is 1.42 bits per heavy atom. The first-order valence-electron chi connectivity index (χ1n) is 4.02. The van der Waals surface area contributed by atoms with Crippen LogP contribution in [-0.4, -0.2) is 17.3 Å². The smallest absolute Gasteiger partial charge is 0.225 e. The molecule has 0 fully saturated rings. The second-order valence-electron chi connectivity index (χ2n) is 2.97. The van der Waals surface area contributed by atoms with E-state index < -0.39 is 0 Å². The first kappa shape index (κ1) is 8.90. The van der Waals surface area contributed by atoms with Gasteiger partial charge in [0, 0.05) is 16.9 Å². The van der Waals surface area contributed by atoms with Crippen molar-refractivity contribution in [3.63, 3.8) is 0 Å². The van der Waals surface area contributed by atoms with Crippen molar-refractivity contribution in [2.24, 2.45) is 0 Å². The number of ketones is 1. The molecule has 0 aromatic rings. The van der Waals surface area contributed by atoms with E-state index in [2.05, 4.69) is 0 Å². The molecule has 0 spiro atoms. The topological polar surface area (TPSA) is 60.2 Å². The Bertz CT molecular complexity index is 232. The van der Waals surface area contributed by atoms with E-state index in [1.54, 1.807) is 0 Å². The predicted octanol–water partition coefficient (Wildman–Crippen LogP) is 1.33. The monoisotopic (exact) mass is 169 g/mol. The molecule has 0 amide bonds. The van der Waals surface area contributed by atoms with Crippen LogP contribution in [0.5, 0.6) is 0 Å². The van der Waals surface area contributed by atoms with Gasteiger partial charge >= 0.3 is 0 Å². The summed E-state index contributed by atoms with van der Waals surface area (Å²) in [6.07, 6.45) is 4.44. The van der Waals surface area contributed by atoms with Crippen LogP contribution in [0.1, 0.15) is 25.7 Å². The van der Waals surface area contributed by atoms with Crippen LogP contribution in [0.15, 0.2) is 11.6 Å². The molecular formula is C8H11NO3. The maximum atomic E-state index is 11.0. The van der Waals surface area contributed by atoms with E-state index >= 15 is 0 Å². The minimum Gasteiger partial charge on any atom is -0.295 e. The van der Waals surface area contributed by atoms with Gasteiger partial charge in [-0.2, -0.15) is 0 Å². The lowest BCUT2D eigenvalue weighted by atomic mass is 10.1. The van der Waals surface area contributed by atoms with Crippen LogP contribution < -0.4 is 0 Å². The van der Waals surface area contributed by atoms with Crippen molar-refractivity contribution in [3.05, 3.63) is 21.8 Å². The molecule has 0 unspecified atom stereocenters. The van der Waals surface area contributed by atoms with E-state index in [0.717, 1.165) is 12.8 Å². The first-order chi connectivity index (χ1) is 5.68. The van der Waals surface area contributed by atoms with E-state index in [0.29, 0.717) is 18.4 Å². The molecule has 0 aliphatic heterocycles. The lowest BCUT2D eigenvalue weighted by molar-refractivity contribution is -0.471. The summed E-state index contributed by atoms with van der Waals surface area (Å²) in [5.41, 5.74) is 0.669. The molecule has 0 heterocycles. The zero-order chi connectivity index (χ0) is 8.97. The van der Waals surface area contributed by atoms with Crippen molar-refractivity contribution < 1.29 is 9.72 Å². The predicted molar refractivity (Wildman–Crippen MR) is 43.4 cm³/mol. The largest absolute Gasteiger partial charge is 0.295 e. The van der Waals surface area contributed by atoms with Gasteiger partial charge in [0.15, 0.2) is 5.78 Å². The number of hydrogen-bond acceptors (Lipinski definition) is 3. The standard InChI is InChI=1S/C8H11NO3/c10-8-4-2-1-3-7(5-8)6-9(11)12/h5H,1-4,6H2. The molecule has 4 heteroatoms. The molecule has 12 heavy (non-hydrogen) atoms. The summed E-state index contributed by atoms with van der Waals surface area (Å²) in [7, 11) is 0. The third-order valence-electron chi connectivity index (χ3n) is 1.87. The van der Waals surface area contributed by atoms with Gasteiger partial charge in [-0.15, -0.1) is 0 Å². The molecule has 0 saturated heterocycles. The van der Waals surface area contributed by atoms with E-state index in [9.17, 15) is 14.9 Å². The highest BCUT2D eigenvalue weighted by Gasteiger charge is 2.11. The van der Waals surface area contributed by atoms with Crippen LogP contribution in [0.4, 0.5) is 0 Å². The van der Waals surface area contributed by atoms with E-state index in [1.165, 1.54) is 6.08 Å². The average Bonchev–Trinajstić information content (AvgIpc) is 2.12. The summed E-state index contributed by atoms with van der Waals surface area (Å²) in [5, 5.41) is 10.1. The highest BCUT2D eigenvalue weighted by atomic mass is 16.6. The van der Waals surface area contributed by atoms with E-state index in [-0.39, 0.29) is 17.3 Å². The molecule has 1 rings (SSSR count). The number of allylic oxidation sites excluding steroid dienone is 1. The fourth-order valence-corrected chi connectivity index (χ4v) is 1.31. The Balaban J connectivity index is 2.59. The van der Waals surface area contributed by atoms with Crippen LogP contribution in [-0.2, 0) is 4.79 Å². The number of hydrogen-bond donors (Lipinski definition) is 0. The molecule has 0 bridgehead atoms. The minimum absolute atomic E-state index is 0.0318. The van der Waals surface area contributed by atoms with Crippen molar-refractivity contribution in [1.29, 1.82) is 0 Å². The van der Waals surface area contributed by atoms with Gasteiger partial charge in [0.2, 0.25) is 6.54 Å². The third-order valence-corrected chi connectivity index (χ3v) is 1.87. The van der Waals surface area contributed by atoms with Crippen molar-refractivity contribution in [1.82, 2.24) is 0 Å². The van der Waals surface area contributed by atoms with Crippen molar-refractivity contribution >= 4 is 5.78 Å². The van der Waals surface area contributed by atoms with Crippen molar-refractivity contribution in [2.45, 2.75) is 25.7 Å². The first-order valence-corrected chi connectivity index (χ1v) is 4.02. The van der Waals surface area contributed by atoms with Crippen LogP contribution >= 0.6 is 0 Å². The summed E-state index contributed by atoms with van der Waals surface area (Å²) >= 11 is 0. The Morgan fingerprint density at radius 3 is 2.75 bits per heavy atom. The number of nitro groups is 1. The second-order valence-corrected chi connectivity index (χ2v) is 2.97. The average molecular weight is 169 g/mol. The second kappa shape index (κ2) is 3.99. The normalized spacial score (nSPS) is 18.3. The summed E-state index contributed by atoms with van der Waals surface area (Å²) in [4.78, 5) is 20.7. The number of rotatable bonds is 2. The molecule has 0 saturated carbocycles. The van der Waals surface area contributed by atoms with Gasteiger partial charge in [-0.1, -0.05) is 0 Å². The molecule has 4 nitrogen and oxygen atoms in total. The van der Waals surface area contributed by atoms with Gasteiger partial charge in [0.25, 0.3) is 0 Å². The maximum Gasteiger partial charge on any atom is 0.225 e. The Morgan fingerprint density at radius 2 is 2.08 bits per heavy atom. The fourth-order valence-electron chi connectivity index (χ4n) is 1.31. The highest BCUT2D eigenvalue weighted by molar-refractivity contribution is 5.90. The minimum atomic E-state index is -0.384. The zero-order valence-electron chi connectivity index (χ0n) is 6.78. The Kier molecular flexibility index (Phi) is 2.96. The van der Waals surface area contributed by atoms with Gasteiger partial charge < -0.3 is 0 Å². The maximum absolute atomic E-state index is 11.0. The van der Waals surface area contributed by atoms with Gasteiger partial charge in [-0.05, 0) is 25.3 Å². The molecule has 0 aromatic carbocycles.